The van der Waals surface area contributed by atoms with Gasteiger partial charge in [-0.05, 0) is 56.7 Å². The number of unbranched alkanes of at least 4 members (excludes halogenated alkanes) is 3. The third kappa shape index (κ3) is 11.2. The number of hydrogen-bond donors (Lipinski definition) is 1. The minimum Gasteiger partial charge on any atom is -0.466 e. The lowest BCUT2D eigenvalue weighted by Crippen LogP contribution is -2.43. The fourth-order valence-electron chi connectivity index (χ4n) is 3.92. The van der Waals surface area contributed by atoms with Crippen LogP contribution in [0.1, 0.15) is 91.9 Å². The molecule has 3 atom stereocenters. The first-order valence-electron chi connectivity index (χ1n) is 12.3. The Morgan fingerprint density at radius 1 is 0.969 bits per heavy atom. The number of carbonyl (C=O) groups excluding carboxylic acids is 2. The van der Waals surface area contributed by atoms with Crippen molar-refractivity contribution in [2.75, 3.05) is 11.9 Å². The maximum Gasteiger partial charge on any atom is 0.306 e. The van der Waals surface area contributed by atoms with E-state index < -0.39 is 0 Å². The molecule has 32 heavy (non-hydrogen) atoms. The van der Waals surface area contributed by atoms with Gasteiger partial charge in [-0.15, -0.1) is 0 Å². The van der Waals surface area contributed by atoms with Gasteiger partial charge in [0.15, 0.2) is 0 Å². The van der Waals surface area contributed by atoms with Crippen LogP contribution in [0.4, 0.5) is 5.69 Å². The summed E-state index contributed by atoms with van der Waals surface area (Å²) in [6.07, 6.45) is 7.83. The molecule has 1 rings (SSSR count). The van der Waals surface area contributed by atoms with Crippen molar-refractivity contribution in [3.05, 3.63) is 29.3 Å². The smallest absolute Gasteiger partial charge is 0.306 e. The van der Waals surface area contributed by atoms with Crippen molar-refractivity contribution in [1.82, 2.24) is 0 Å². The summed E-state index contributed by atoms with van der Waals surface area (Å²) >= 11 is 6.19. The Balaban J connectivity index is 3.12. The van der Waals surface area contributed by atoms with Crippen molar-refractivity contribution in [3.63, 3.8) is 0 Å². The van der Waals surface area contributed by atoms with Crippen LogP contribution < -0.4 is 5.32 Å². The van der Waals surface area contributed by atoms with Crippen LogP contribution in [-0.2, 0) is 19.1 Å². The molecule has 3 unspecified atom stereocenters. The van der Waals surface area contributed by atoms with Gasteiger partial charge in [0.05, 0.1) is 12.6 Å². The molecule has 1 aromatic rings. The summed E-state index contributed by atoms with van der Waals surface area (Å²) in [5, 5.41) is 4.14. The third-order valence-electron chi connectivity index (χ3n) is 5.71. The molecular formula is C26H42ClNO4. The SMILES string of the molecule is CCCCCC(=O)OC(C(CC)CCCC)C(CCC(=O)OCC)Nc1cccc(Cl)c1. The highest BCUT2D eigenvalue weighted by molar-refractivity contribution is 6.30. The maximum atomic E-state index is 12.7. The highest BCUT2D eigenvalue weighted by atomic mass is 35.5. The van der Waals surface area contributed by atoms with Gasteiger partial charge in [0.1, 0.15) is 6.10 Å². The molecule has 0 heterocycles. The molecule has 0 radical (unpaired) electrons. The number of rotatable bonds is 17. The molecule has 0 aliphatic heterocycles. The van der Waals surface area contributed by atoms with Crippen LogP contribution in [0.5, 0.6) is 0 Å². The zero-order valence-electron chi connectivity index (χ0n) is 20.3. The Kier molecular flexibility index (Phi) is 14.9. The molecule has 0 aromatic heterocycles. The largest absolute Gasteiger partial charge is 0.466 e. The molecule has 0 saturated carbocycles. The number of benzene rings is 1. The number of nitrogens with one attached hydrogen (secondary N) is 1. The predicted octanol–water partition coefficient (Wildman–Crippen LogP) is 7.17. The van der Waals surface area contributed by atoms with E-state index in [0.29, 0.717) is 24.5 Å². The number of hydrogen-bond acceptors (Lipinski definition) is 5. The van der Waals surface area contributed by atoms with Crippen LogP contribution in [0, 0.1) is 5.92 Å². The highest BCUT2D eigenvalue weighted by Crippen LogP contribution is 2.28. The summed E-state index contributed by atoms with van der Waals surface area (Å²) in [4.78, 5) is 24.8. The molecule has 0 saturated heterocycles. The van der Waals surface area contributed by atoms with Gasteiger partial charge in [-0.25, -0.2) is 0 Å². The number of ether oxygens (including phenoxy) is 2. The molecule has 1 N–H and O–H groups in total. The Bertz CT molecular complexity index is 667. The van der Waals surface area contributed by atoms with E-state index in [1.165, 1.54) is 0 Å². The summed E-state index contributed by atoms with van der Waals surface area (Å²) in [5.74, 6) is -0.184. The van der Waals surface area contributed by atoms with E-state index >= 15 is 0 Å². The first-order chi connectivity index (χ1) is 15.4. The Hall–Kier alpha value is -1.75. The first-order valence-corrected chi connectivity index (χ1v) is 12.7. The number of esters is 2. The second kappa shape index (κ2) is 16.8. The Morgan fingerprint density at radius 3 is 2.34 bits per heavy atom. The lowest BCUT2D eigenvalue weighted by molar-refractivity contribution is -0.153. The van der Waals surface area contributed by atoms with Crippen molar-refractivity contribution in [3.8, 4) is 0 Å². The second-order valence-electron chi connectivity index (χ2n) is 8.33. The van der Waals surface area contributed by atoms with E-state index in [-0.39, 0.29) is 36.4 Å². The van der Waals surface area contributed by atoms with Crippen LogP contribution in [0.15, 0.2) is 24.3 Å². The number of carbonyl (C=O) groups is 2. The molecule has 182 valence electrons. The second-order valence-corrected chi connectivity index (χ2v) is 8.76. The zero-order chi connectivity index (χ0) is 23.8. The molecule has 0 spiro atoms. The monoisotopic (exact) mass is 467 g/mol. The molecule has 5 nitrogen and oxygen atoms in total. The van der Waals surface area contributed by atoms with Crippen LogP contribution >= 0.6 is 11.6 Å². The van der Waals surface area contributed by atoms with Crippen molar-refractivity contribution >= 4 is 29.2 Å². The summed E-state index contributed by atoms with van der Waals surface area (Å²) in [5.41, 5.74) is 0.851. The van der Waals surface area contributed by atoms with Crippen LogP contribution in [0.2, 0.25) is 5.02 Å². The lowest BCUT2D eigenvalue weighted by Gasteiger charge is -2.34. The molecule has 1 aromatic carbocycles. The third-order valence-corrected chi connectivity index (χ3v) is 5.94. The van der Waals surface area contributed by atoms with Gasteiger partial charge >= 0.3 is 11.9 Å². The Morgan fingerprint density at radius 2 is 1.72 bits per heavy atom. The van der Waals surface area contributed by atoms with Gasteiger partial charge in [-0.1, -0.05) is 64.1 Å². The van der Waals surface area contributed by atoms with Crippen LogP contribution in [0.3, 0.4) is 0 Å². The van der Waals surface area contributed by atoms with Crippen molar-refractivity contribution in [2.45, 2.75) is 104 Å². The molecule has 0 aliphatic rings. The van der Waals surface area contributed by atoms with Gasteiger partial charge < -0.3 is 14.8 Å². The van der Waals surface area contributed by atoms with Crippen molar-refractivity contribution < 1.29 is 19.1 Å². The van der Waals surface area contributed by atoms with Gasteiger partial charge in [0.25, 0.3) is 0 Å². The van der Waals surface area contributed by atoms with E-state index in [2.05, 4.69) is 26.1 Å². The lowest BCUT2D eigenvalue weighted by atomic mass is 9.87. The topological polar surface area (TPSA) is 64.6 Å². The molecule has 6 heteroatoms. The van der Waals surface area contributed by atoms with Crippen LogP contribution in [-0.4, -0.2) is 30.7 Å². The van der Waals surface area contributed by atoms with Crippen molar-refractivity contribution in [1.29, 1.82) is 0 Å². The average molecular weight is 468 g/mol. The quantitative estimate of drug-likeness (QED) is 0.194. The summed E-state index contributed by atoms with van der Waals surface area (Å²) < 4.78 is 11.3. The standard InChI is InChI=1S/C26H42ClNO4/c1-5-9-11-16-25(30)32-26(20(7-3)13-10-6-2)23(17-18-24(29)31-8-4)28-22-15-12-14-21(27)19-22/h12,14-15,19-20,23,26,28H,5-11,13,16-18H2,1-4H3. The van der Waals surface area contributed by atoms with E-state index in [0.717, 1.165) is 50.6 Å². The van der Waals surface area contributed by atoms with E-state index in [4.69, 9.17) is 21.1 Å². The highest BCUT2D eigenvalue weighted by Gasteiger charge is 2.32. The molecule has 0 bridgehead atoms. The van der Waals surface area contributed by atoms with Gasteiger partial charge in [0.2, 0.25) is 0 Å². The predicted molar refractivity (Wildman–Crippen MR) is 132 cm³/mol. The first kappa shape index (κ1) is 28.3. The molecular weight excluding hydrogens is 426 g/mol. The fourth-order valence-corrected chi connectivity index (χ4v) is 4.11. The summed E-state index contributed by atoms with van der Waals surface area (Å²) in [6.45, 7) is 8.58. The average Bonchev–Trinajstić information content (AvgIpc) is 2.76. The minimum absolute atomic E-state index is 0.160. The van der Waals surface area contributed by atoms with E-state index in [9.17, 15) is 9.59 Å². The van der Waals surface area contributed by atoms with Gasteiger partial charge in [0, 0.05) is 23.6 Å². The normalized spacial score (nSPS) is 13.8. The zero-order valence-corrected chi connectivity index (χ0v) is 21.1. The number of halogens is 1. The van der Waals surface area contributed by atoms with Crippen molar-refractivity contribution in [2.24, 2.45) is 5.92 Å². The summed E-state index contributed by atoms with van der Waals surface area (Å²) in [7, 11) is 0. The molecule has 0 amide bonds. The van der Waals surface area contributed by atoms with Gasteiger partial charge in [-0.2, -0.15) is 0 Å². The Labute approximate surface area is 199 Å². The van der Waals surface area contributed by atoms with E-state index in [1.807, 2.05) is 24.3 Å². The van der Waals surface area contributed by atoms with Gasteiger partial charge in [-0.3, -0.25) is 9.59 Å². The van der Waals surface area contributed by atoms with Crippen LogP contribution in [0.25, 0.3) is 0 Å². The molecule has 0 aliphatic carbocycles. The number of anilines is 1. The fraction of sp³-hybridized carbons (Fsp3) is 0.692. The molecule has 0 fully saturated rings. The minimum atomic E-state index is -0.325. The van der Waals surface area contributed by atoms with E-state index in [1.54, 1.807) is 6.92 Å². The summed E-state index contributed by atoms with van der Waals surface area (Å²) in [6, 6.07) is 7.28. The maximum absolute atomic E-state index is 12.7.